The Bertz CT molecular complexity index is 3490. The van der Waals surface area contributed by atoms with E-state index in [1.807, 2.05) is 18.2 Å². The Balaban J connectivity index is 1.09. The predicted octanol–water partition coefficient (Wildman–Crippen LogP) is 16.2. The van der Waals surface area contributed by atoms with Gasteiger partial charge in [0.2, 0.25) is 0 Å². The fourth-order valence-electron chi connectivity index (χ4n) is 9.29. The number of nitrogens with zero attached hydrogens (tertiary/aromatic N) is 2. The van der Waals surface area contributed by atoms with Gasteiger partial charge in [0.05, 0.1) is 11.0 Å². The second-order valence-corrected chi connectivity index (χ2v) is 18.8. The molecule has 0 amide bonds. The standard InChI is InChI=1S/C57H39N3OS/c1-5-16-40(17-6-1)57-58-52-35-30-39-28-29-41-36-43(31-33-49(41)55(39)56(52)59-57)60(44-32-34-51-50-26-13-14-27-53(50)61-54(51)38-44)42-18-15-25-48(37-42)62(45-19-7-2-8-20-45,46-21-9-3-10-22-46)47-23-11-4-12-24-47/h1-38H,(H,58,59). The number of nitrogens with one attached hydrogen (secondary N) is 1. The van der Waals surface area contributed by atoms with Crippen molar-refractivity contribution in [1.29, 1.82) is 0 Å². The van der Waals surface area contributed by atoms with Crippen LogP contribution in [-0.2, 0) is 0 Å². The molecule has 0 saturated heterocycles. The Hall–Kier alpha value is -7.86. The summed E-state index contributed by atoms with van der Waals surface area (Å²) in [6.07, 6.45) is 0. The highest BCUT2D eigenvalue weighted by Gasteiger charge is 2.34. The van der Waals surface area contributed by atoms with Crippen molar-refractivity contribution in [1.82, 2.24) is 9.97 Å². The summed E-state index contributed by atoms with van der Waals surface area (Å²) in [6.45, 7) is 0. The number of furan rings is 1. The van der Waals surface area contributed by atoms with Crippen LogP contribution in [0.5, 0.6) is 0 Å². The van der Waals surface area contributed by atoms with Crippen LogP contribution in [0.1, 0.15) is 0 Å². The van der Waals surface area contributed by atoms with Gasteiger partial charge in [-0.2, -0.15) is 0 Å². The maximum absolute atomic E-state index is 6.53. The summed E-state index contributed by atoms with van der Waals surface area (Å²) in [4.78, 5) is 16.2. The zero-order chi connectivity index (χ0) is 41.0. The minimum atomic E-state index is -1.94. The molecule has 0 atom stereocenters. The average Bonchev–Trinajstić information content (AvgIpc) is 3.95. The van der Waals surface area contributed by atoms with Crippen molar-refractivity contribution in [2.75, 3.05) is 4.90 Å². The number of H-pyrrole nitrogens is 1. The van der Waals surface area contributed by atoms with Gasteiger partial charge in [0.25, 0.3) is 0 Å². The van der Waals surface area contributed by atoms with Gasteiger partial charge in [0.1, 0.15) is 17.0 Å². The molecule has 5 heteroatoms. The molecule has 0 saturated carbocycles. The molecule has 294 valence electrons. The Kier molecular flexibility index (Phi) is 8.54. The van der Waals surface area contributed by atoms with Crippen LogP contribution in [0.3, 0.4) is 0 Å². The summed E-state index contributed by atoms with van der Waals surface area (Å²) in [5.41, 5.74) is 7.91. The van der Waals surface area contributed by atoms with E-state index in [9.17, 15) is 0 Å². The van der Waals surface area contributed by atoms with E-state index >= 15 is 0 Å². The first-order valence-electron chi connectivity index (χ1n) is 20.9. The Morgan fingerprint density at radius 1 is 0.403 bits per heavy atom. The van der Waals surface area contributed by atoms with E-state index in [2.05, 4.69) is 222 Å². The average molecular weight is 814 g/mol. The number of anilines is 3. The molecule has 0 aliphatic heterocycles. The summed E-state index contributed by atoms with van der Waals surface area (Å²) in [5, 5.41) is 6.86. The van der Waals surface area contributed by atoms with Gasteiger partial charge in [-0.1, -0.05) is 133 Å². The summed E-state index contributed by atoms with van der Waals surface area (Å²) in [7, 11) is -1.94. The SMILES string of the molecule is c1ccc(-c2nc3ccc4ccc5cc(N(c6cccc(S(c7ccccc7)(c7ccccc7)c7ccccc7)c6)c6ccc7c(c6)oc6ccccc67)ccc5c4c3[nH]2)cc1. The quantitative estimate of drug-likeness (QED) is 0.155. The fourth-order valence-corrected chi connectivity index (χ4v) is 13.2. The zero-order valence-electron chi connectivity index (χ0n) is 33.7. The lowest BCUT2D eigenvalue weighted by atomic mass is 10.00. The molecule has 2 heterocycles. The van der Waals surface area contributed by atoms with Crippen molar-refractivity contribution in [3.05, 3.63) is 231 Å². The Morgan fingerprint density at radius 2 is 0.952 bits per heavy atom. The topological polar surface area (TPSA) is 45.1 Å². The van der Waals surface area contributed by atoms with E-state index in [1.54, 1.807) is 0 Å². The molecule has 62 heavy (non-hydrogen) atoms. The summed E-state index contributed by atoms with van der Waals surface area (Å²) >= 11 is 0. The predicted molar refractivity (Wildman–Crippen MR) is 258 cm³/mol. The maximum atomic E-state index is 6.53. The molecule has 0 aliphatic rings. The van der Waals surface area contributed by atoms with Crippen LogP contribution in [0.15, 0.2) is 255 Å². The molecule has 1 N–H and O–H groups in total. The molecule has 0 spiro atoms. The molecule has 10 aromatic carbocycles. The Labute approximate surface area is 360 Å². The van der Waals surface area contributed by atoms with Gasteiger partial charge in [-0.25, -0.2) is 4.98 Å². The third kappa shape index (κ3) is 5.81. The first-order chi connectivity index (χ1) is 30.7. The lowest BCUT2D eigenvalue weighted by molar-refractivity contribution is 0.669. The molecule has 0 bridgehead atoms. The smallest absolute Gasteiger partial charge is 0.138 e. The van der Waals surface area contributed by atoms with Crippen LogP contribution < -0.4 is 4.90 Å². The van der Waals surface area contributed by atoms with Gasteiger partial charge in [-0.3, -0.25) is 0 Å². The van der Waals surface area contributed by atoms with Gasteiger partial charge in [0, 0.05) is 64.4 Å². The fraction of sp³-hybridized carbons (Fsp3) is 0. The largest absolute Gasteiger partial charge is 0.456 e. The van der Waals surface area contributed by atoms with Gasteiger partial charge in [-0.15, -0.1) is 10.0 Å². The van der Waals surface area contributed by atoms with E-state index in [0.717, 1.165) is 66.8 Å². The molecule has 12 rings (SSSR count). The van der Waals surface area contributed by atoms with Crippen molar-refractivity contribution >= 4 is 81.6 Å². The third-order valence-corrected chi connectivity index (χ3v) is 16.0. The van der Waals surface area contributed by atoms with Crippen molar-refractivity contribution in [3.63, 3.8) is 0 Å². The molecule has 2 aromatic heterocycles. The van der Waals surface area contributed by atoms with Crippen LogP contribution in [0.2, 0.25) is 0 Å². The molecule has 0 fully saturated rings. The molecule has 4 nitrogen and oxygen atoms in total. The van der Waals surface area contributed by atoms with Gasteiger partial charge < -0.3 is 14.3 Å². The van der Waals surface area contributed by atoms with E-state index in [0.29, 0.717) is 0 Å². The van der Waals surface area contributed by atoms with Crippen LogP contribution in [0.25, 0.3) is 65.9 Å². The molecule has 0 aliphatic carbocycles. The number of hydrogen-bond acceptors (Lipinski definition) is 3. The lowest BCUT2D eigenvalue weighted by Gasteiger charge is -2.42. The minimum absolute atomic E-state index is 0.852. The summed E-state index contributed by atoms with van der Waals surface area (Å²) < 4.78 is 6.53. The third-order valence-electron chi connectivity index (χ3n) is 12.1. The second-order valence-electron chi connectivity index (χ2n) is 15.6. The first kappa shape index (κ1) is 36.0. The van der Waals surface area contributed by atoms with E-state index in [4.69, 9.17) is 9.40 Å². The highest BCUT2D eigenvalue weighted by Crippen LogP contribution is 2.73. The van der Waals surface area contributed by atoms with Gasteiger partial charge >= 0.3 is 0 Å². The van der Waals surface area contributed by atoms with E-state index in [-0.39, 0.29) is 0 Å². The van der Waals surface area contributed by atoms with Gasteiger partial charge in [0.15, 0.2) is 0 Å². The molecule has 12 aromatic rings. The minimum Gasteiger partial charge on any atom is -0.456 e. The maximum Gasteiger partial charge on any atom is 0.138 e. The summed E-state index contributed by atoms with van der Waals surface area (Å²) in [6, 6.07) is 83.2. The summed E-state index contributed by atoms with van der Waals surface area (Å²) in [5.74, 6) is 0.869. The number of hydrogen-bond donors (Lipinski definition) is 1. The van der Waals surface area contributed by atoms with E-state index < -0.39 is 10.0 Å². The van der Waals surface area contributed by atoms with Crippen molar-refractivity contribution in [3.8, 4) is 11.4 Å². The Morgan fingerprint density at radius 3 is 1.66 bits per heavy atom. The molecular formula is C57H39N3OS. The van der Waals surface area contributed by atoms with Crippen molar-refractivity contribution in [2.45, 2.75) is 19.6 Å². The van der Waals surface area contributed by atoms with Crippen molar-refractivity contribution < 1.29 is 4.42 Å². The number of aromatic amines is 1. The molecule has 0 radical (unpaired) electrons. The van der Waals surface area contributed by atoms with Crippen LogP contribution in [0, 0.1) is 0 Å². The lowest BCUT2D eigenvalue weighted by Crippen LogP contribution is -2.11. The van der Waals surface area contributed by atoms with E-state index in [1.165, 1.54) is 35.7 Å². The highest BCUT2D eigenvalue weighted by molar-refractivity contribution is 8.34. The number of benzene rings is 10. The number of fused-ring (bicyclic) bond motifs is 8. The number of aromatic nitrogens is 2. The molecular weight excluding hydrogens is 775 g/mol. The first-order valence-corrected chi connectivity index (χ1v) is 22.6. The van der Waals surface area contributed by atoms with Crippen LogP contribution >= 0.6 is 10.0 Å². The highest BCUT2D eigenvalue weighted by atomic mass is 32.3. The number of rotatable bonds is 8. The van der Waals surface area contributed by atoms with Crippen LogP contribution in [-0.4, -0.2) is 9.97 Å². The van der Waals surface area contributed by atoms with Crippen molar-refractivity contribution in [2.24, 2.45) is 0 Å². The molecule has 0 unspecified atom stereocenters. The number of imidazole rings is 1. The van der Waals surface area contributed by atoms with Gasteiger partial charge in [-0.05, 0) is 107 Å². The second kappa shape index (κ2) is 14.7. The number of para-hydroxylation sites is 1. The zero-order valence-corrected chi connectivity index (χ0v) is 34.5. The monoisotopic (exact) mass is 813 g/mol. The normalized spacial score (nSPS) is 12.1. The van der Waals surface area contributed by atoms with Crippen LogP contribution in [0.4, 0.5) is 17.1 Å².